The molecule has 0 saturated carbocycles. The molecule has 0 saturated heterocycles. The number of nitrogens with zero attached hydrogens (tertiary/aromatic N) is 1. The molecule has 0 aliphatic rings. The zero-order valence-electron chi connectivity index (χ0n) is 13.7. The van der Waals surface area contributed by atoms with Gasteiger partial charge in [0, 0.05) is 23.2 Å². The fraction of sp³-hybridized carbons (Fsp3) is 0.625. The monoisotopic (exact) mass is 357 g/mol. The van der Waals surface area contributed by atoms with Gasteiger partial charge in [0.1, 0.15) is 0 Å². The van der Waals surface area contributed by atoms with Crippen LogP contribution >= 0.6 is 15.9 Å². The lowest BCUT2D eigenvalue weighted by Gasteiger charge is -2.37. The Morgan fingerprint density at radius 3 is 2.15 bits per heavy atom. The predicted octanol–water partition coefficient (Wildman–Crippen LogP) is 5.30. The number of rotatable bonds is 6. The van der Waals surface area contributed by atoms with Crippen molar-refractivity contribution in [2.24, 2.45) is 0 Å². The molecule has 0 bridgehead atoms. The van der Waals surface area contributed by atoms with Crippen LogP contribution in [-0.4, -0.2) is 28.0 Å². The van der Waals surface area contributed by atoms with Crippen molar-refractivity contribution < 1.29 is 4.43 Å². The topological polar surface area (TPSA) is 12.5 Å². The van der Waals surface area contributed by atoms with E-state index >= 15 is 0 Å². The molecular weight excluding hydrogens is 330 g/mol. The van der Waals surface area contributed by atoms with Crippen LogP contribution < -0.4 is 4.90 Å². The van der Waals surface area contributed by atoms with E-state index in [-0.39, 0.29) is 5.04 Å². The molecule has 20 heavy (non-hydrogen) atoms. The summed E-state index contributed by atoms with van der Waals surface area (Å²) in [6, 6.07) is 8.49. The van der Waals surface area contributed by atoms with Gasteiger partial charge in [-0.25, -0.2) is 0 Å². The summed E-state index contributed by atoms with van der Waals surface area (Å²) in [5.41, 5.74) is 1.26. The Bertz CT molecular complexity index is 411. The molecule has 0 fully saturated rings. The van der Waals surface area contributed by atoms with E-state index in [1.54, 1.807) is 0 Å². The van der Waals surface area contributed by atoms with Gasteiger partial charge in [0.05, 0.1) is 6.61 Å². The third kappa shape index (κ3) is 4.90. The van der Waals surface area contributed by atoms with E-state index < -0.39 is 8.32 Å². The SMILES string of the molecule is CCN(CCO[Si](C)(C)C(C)(C)C)c1ccc(Br)cc1. The summed E-state index contributed by atoms with van der Waals surface area (Å²) >= 11 is 3.48. The van der Waals surface area contributed by atoms with E-state index in [1.807, 2.05) is 0 Å². The fourth-order valence-electron chi connectivity index (χ4n) is 1.75. The molecule has 0 spiro atoms. The molecule has 0 amide bonds. The minimum absolute atomic E-state index is 0.279. The van der Waals surface area contributed by atoms with Crippen molar-refractivity contribution in [2.45, 2.75) is 45.8 Å². The molecule has 0 heterocycles. The normalized spacial score (nSPS) is 12.6. The first-order valence-corrected chi connectivity index (χ1v) is 11.0. The number of hydrogen-bond acceptors (Lipinski definition) is 2. The van der Waals surface area contributed by atoms with Crippen molar-refractivity contribution in [3.8, 4) is 0 Å². The van der Waals surface area contributed by atoms with Crippen molar-refractivity contribution in [3.05, 3.63) is 28.7 Å². The first-order valence-electron chi connectivity index (χ1n) is 7.32. The Kier molecular flexibility index (Phi) is 6.29. The number of likely N-dealkylation sites (N-methyl/N-ethyl adjacent to an activating group) is 1. The van der Waals surface area contributed by atoms with Gasteiger partial charge in [-0.05, 0) is 49.3 Å². The minimum atomic E-state index is -1.63. The zero-order valence-corrected chi connectivity index (χ0v) is 16.3. The maximum Gasteiger partial charge on any atom is 0.192 e. The highest BCUT2D eigenvalue weighted by atomic mass is 79.9. The summed E-state index contributed by atoms with van der Waals surface area (Å²) in [5.74, 6) is 0. The molecule has 0 aromatic heterocycles. The molecule has 0 radical (unpaired) electrons. The van der Waals surface area contributed by atoms with Gasteiger partial charge in [-0.15, -0.1) is 0 Å². The number of hydrogen-bond donors (Lipinski definition) is 0. The first kappa shape index (κ1) is 17.7. The molecule has 4 heteroatoms. The van der Waals surface area contributed by atoms with Gasteiger partial charge < -0.3 is 9.33 Å². The van der Waals surface area contributed by atoms with Crippen molar-refractivity contribution >= 4 is 29.9 Å². The molecule has 1 aromatic carbocycles. The fourth-order valence-corrected chi connectivity index (χ4v) is 3.05. The lowest BCUT2D eigenvalue weighted by molar-refractivity contribution is 0.294. The average Bonchev–Trinajstić information content (AvgIpc) is 2.34. The smallest absolute Gasteiger partial charge is 0.192 e. The standard InChI is InChI=1S/C16H28BrNOSi/c1-7-18(15-10-8-14(17)9-11-15)12-13-19-20(5,6)16(2,3)4/h8-11H,7,12-13H2,1-6H3. The Balaban J connectivity index is 2.57. The molecule has 0 unspecified atom stereocenters. The average molecular weight is 358 g/mol. The molecule has 114 valence electrons. The predicted molar refractivity (Wildman–Crippen MR) is 95.2 cm³/mol. The summed E-state index contributed by atoms with van der Waals surface area (Å²) in [7, 11) is -1.63. The van der Waals surface area contributed by atoms with Crippen LogP contribution in [0.3, 0.4) is 0 Å². The largest absolute Gasteiger partial charge is 0.415 e. The van der Waals surface area contributed by atoms with E-state index in [2.05, 4.69) is 85.9 Å². The minimum Gasteiger partial charge on any atom is -0.415 e. The molecule has 0 aliphatic heterocycles. The second-order valence-corrected chi connectivity index (χ2v) is 12.4. The lowest BCUT2D eigenvalue weighted by atomic mass is 10.2. The van der Waals surface area contributed by atoms with E-state index in [0.717, 1.165) is 24.2 Å². The Morgan fingerprint density at radius 1 is 1.15 bits per heavy atom. The summed E-state index contributed by atoms with van der Waals surface area (Å²) in [5, 5.41) is 0.279. The Morgan fingerprint density at radius 2 is 1.70 bits per heavy atom. The third-order valence-corrected chi connectivity index (χ3v) is 9.27. The molecular formula is C16H28BrNOSi. The van der Waals surface area contributed by atoms with Crippen LogP contribution in [0.25, 0.3) is 0 Å². The van der Waals surface area contributed by atoms with Gasteiger partial charge in [-0.2, -0.15) is 0 Å². The Hall–Kier alpha value is -0.323. The van der Waals surface area contributed by atoms with Gasteiger partial charge in [0.2, 0.25) is 0 Å². The highest BCUT2D eigenvalue weighted by Crippen LogP contribution is 2.36. The van der Waals surface area contributed by atoms with Crippen LogP contribution in [0.4, 0.5) is 5.69 Å². The maximum absolute atomic E-state index is 6.26. The van der Waals surface area contributed by atoms with E-state index in [4.69, 9.17) is 4.43 Å². The highest BCUT2D eigenvalue weighted by Gasteiger charge is 2.36. The lowest BCUT2D eigenvalue weighted by Crippen LogP contribution is -2.42. The number of halogens is 1. The van der Waals surface area contributed by atoms with E-state index in [9.17, 15) is 0 Å². The van der Waals surface area contributed by atoms with Crippen LogP contribution in [0.2, 0.25) is 18.1 Å². The van der Waals surface area contributed by atoms with Crippen LogP contribution in [-0.2, 0) is 4.43 Å². The molecule has 0 atom stereocenters. The maximum atomic E-state index is 6.26. The second-order valence-electron chi connectivity index (χ2n) is 6.66. The Labute approximate surface area is 133 Å². The first-order chi connectivity index (χ1) is 9.17. The summed E-state index contributed by atoms with van der Waals surface area (Å²) in [6.45, 7) is 16.4. The van der Waals surface area contributed by atoms with Gasteiger partial charge in [0.15, 0.2) is 8.32 Å². The van der Waals surface area contributed by atoms with E-state index in [0.29, 0.717) is 0 Å². The number of anilines is 1. The van der Waals surface area contributed by atoms with Crippen LogP contribution in [0.5, 0.6) is 0 Å². The van der Waals surface area contributed by atoms with Crippen LogP contribution in [0.1, 0.15) is 27.7 Å². The third-order valence-electron chi connectivity index (χ3n) is 4.20. The summed E-state index contributed by atoms with van der Waals surface area (Å²) in [4.78, 5) is 2.36. The van der Waals surface area contributed by atoms with Gasteiger partial charge >= 0.3 is 0 Å². The van der Waals surface area contributed by atoms with E-state index in [1.165, 1.54) is 5.69 Å². The summed E-state index contributed by atoms with van der Waals surface area (Å²) < 4.78 is 7.38. The zero-order chi connectivity index (χ0) is 15.4. The van der Waals surface area contributed by atoms with Crippen molar-refractivity contribution in [3.63, 3.8) is 0 Å². The molecule has 0 aliphatic carbocycles. The van der Waals surface area contributed by atoms with Gasteiger partial charge in [-0.3, -0.25) is 0 Å². The summed E-state index contributed by atoms with van der Waals surface area (Å²) in [6.07, 6.45) is 0. The highest BCUT2D eigenvalue weighted by molar-refractivity contribution is 9.10. The molecule has 0 N–H and O–H groups in total. The van der Waals surface area contributed by atoms with Crippen LogP contribution in [0, 0.1) is 0 Å². The van der Waals surface area contributed by atoms with Gasteiger partial charge in [-0.1, -0.05) is 36.7 Å². The van der Waals surface area contributed by atoms with Crippen molar-refractivity contribution in [1.82, 2.24) is 0 Å². The molecule has 2 nitrogen and oxygen atoms in total. The van der Waals surface area contributed by atoms with Crippen LogP contribution in [0.15, 0.2) is 28.7 Å². The van der Waals surface area contributed by atoms with Crippen molar-refractivity contribution in [1.29, 1.82) is 0 Å². The van der Waals surface area contributed by atoms with Gasteiger partial charge in [0.25, 0.3) is 0 Å². The quantitative estimate of drug-likeness (QED) is 0.640. The molecule has 1 rings (SSSR count). The number of benzene rings is 1. The van der Waals surface area contributed by atoms with Crippen molar-refractivity contribution in [2.75, 3.05) is 24.6 Å². The second kappa shape index (κ2) is 7.10. The molecule has 1 aromatic rings.